The molecule has 0 spiro atoms. The lowest BCUT2D eigenvalue weighted by Crippen LogP contribution is -2.18. The van der Waals surface area contributed by atoms with Crippen molar-refractivity contribution in [3.8, 4) is 6.07 Å². The Hall–Kier alpha value is -2.85. The molecule has 3 aromatic rings. The van der Waals surface area contributed by atoms with Gasteiger partial charge in [0.15, 0.2) is 5.65 Å². The number of imidazole rings is 1. The number of anilines is 1. The summed E-state index contributed by atoms with van der Waals surface area (Å²) in [5.74, 6) is 0.984. The van der Waals surface area contributed by atoms with Gasteiger partial charge in [-0.3, -0.25) is 4.40 Å². The van der Waals surface area contributed by atoms with E-state index in [1.165, 1.54) is 6.26 Å². The molecule has 0 saturated carbocycles. The first-order chi connectivity index (χ1) is 12.2. The van der Waals surface area contributed by atoms with Gasteiger partial charge in [0, 0.05) is 49.6 Å². The molecule has 1 unspecified atom stereocenters. The van der Waals surface area contributed by atoms with E-state index in [2.05, 4.69) is 11.1 Å². The summed E-state index contributed by atoms with van der Waals surface area (Å²) in [7, 11) is 1.22. The molecular formula is C19H21N5OS. The molecule has 0 aliphatic heterocycles. The van der Waals surface area contributed by atoms with E-state index in [0.29, 0.717) is 22.5 Å². The van der Waals surface area contributed by atoms with Crippen LogP contribution in [-0.4, -0.2) is 33.9 Å². The van der Waals surface area contributed by atoms with E-state index >= 15 is 0 Å². The topological polar surface area (TPSA) is 85.2 Å². The van der Waals surface area contributed by atoms with Crippen molar-refractivity contribution in [2.24, 2.45) is 0 Å². The molecule has 0 fully saturated rings. The predicted molar refractivity (Wildman–Crippen MR) is 103 cm³/mol. The van der Waals surface area contributed by atoms with Crippen LogP contribution >= 0.6 is 0 Å². The van der Waals surface area contributed by atoms with Crippen molar-refractivity contribution in [2.75, 3.05) is 25.3 Å². The number of hydrogen-bond acceptors (Lipinski definition) is 5. The van der Waals surface area contributed by atoms with Gasteiger partial charge < -0.3 is 4.90 Å². The smallest absolute Gasteiger partial charge is 0.156 e. The minimum absolute atomic E-state index is 0.522. The lowest BCUT2D eigenvalue weighted by atomic mass is 9.97. The lowest BCUT2D eigenvalue weighted by Gasteiger charge is -2.22. The number of pyridine rings is 1. The number of nitriles is 1. The predicted octanol–water partition coefficient (Wildman–Crippen LogP) is 3.21. The van der Waals surface area contributed by atoms with Crippen LogP contribution in [0.3, 0.4) is 0 Å². The minimum Gasteiger partial charge on any atom is -0.364 e. The van der Waals surface area contributed by atoms with Crippen molar-refractivity contribution in [3.63, 3.8) is 0 Å². The van der Waals surface area contributed by atoms with E-state index in [1.54, 1.807) is 18.3 Å². The van der Waals surface area contributed by atoms with Gasteiger partial charge in [0.1, 0.15) is 11.9 Å². The summed E-state index contributed by atoms with van der Waals surface area (Å²) < 4.78 is 21.5. The third kappa shape index (κ3) is 3.04. The molecule has 3 rings (SSSR count). The molecule has 0 bridgehead atoms. The van der Waals surface area contributed by atoms with Crippen molar-refractivity contribution in [1.29, 1.82) is 10.0 Å². The van der Waals surface area contributed by atoms with Gasteiger partial charge in [0.2, 0.25) is 0 Å². The Morgan fingerprint density at radius 2 is 1.96 bits per heavy atom. The first kappa shape index (κ1) is 18.0. The molecule has 1 N–H and O–H groups in total. The SMILES string of the molecule is Cc1c(Cc2ccc(S(C)(=N)=O)cc2)c(N(C)C)n2ccnc2c1C#N. The quantitative estimate of drug-likeness (QED) is 0.767. The molecule has 6 nitrogen and oxygen atoms in total. The third-order valence-electron chi connectivity index (χ3n) is 4.48. The molecule has 134 valence electrons. The maximum absolute atomic E-state index is 11.9. The molecule has 1 aromatic carbocycles. The zero-order valence-electron chi connectivity index (χ0n) is 15.3. The molecule has 0 radical (unpaired) electrons. The van der Waals surface area contributed by atoms with E-state index in [9.17, 15) is 9.47 Å². The van der Waals surface area contributed by atoms with E-state index < -0.39 is 9.73 Å². The molecular weight excluding hydrogens is 346 g/mol. The van der Waals surface area contributed by atoms with Crippen LogP contribution in [0.4, 0.5) is 5.82 Å². The molecule has 26 heavy (non-hydrogen) atoms. The van der Waals surface area contributed by atoms with Gasteiger partial charge in [-0.1, -0.05) is 12.1 Å². The molecule has 0 saturated heterocycles. The largest absolute Gasteiger partial charge is 0.364 e. The van der Waals surface area contributed by atoms with Gasteiger partial charge in [-0.25, -0.2) is 14.0 Å². The molecule has 0 amide bonds. The summed E-state index contributed by atoms with van der Waals surface area (Å²) in [4.78, 5) is 6.89. The van der Waals surface area contributed by atoms with Crippen LogP contribution in [0.2, 0.25) is 0 Å². The molecule has 7 heteroatoms. The second kappa shape index (κ2) is 6.46. The fraction of sp³-hybridized carbons (Fsp3) is 0.263. The highest BCUT2D eigenvalue weighted by atomic mass is 32.2. The average Bonchev–Trinajstić information content (AvgIpc) is 3.03. The minimum atomic E-state index is -2.72. The van der Waals surface area contributed by atoms with Gasteiger partial charge in [-0.2, -0.15) is 5.26 Å². The number of hydrogen-bond donors (Lipinski definition) is 1. The van der Waals surface area contributed by atoms with Crippen LogP contribution in [0.5, 0.6) is 0 Å². The van der Waals surface area contributed by atoms with Crippen LogP contribution in [-0.2, 0) is 16.1 Å². The molecule has 0 aliphatic carbocycles. The maximum Gasteiger partial charge on any atom is 0.156 e. The van der Waals surface area contributed by atoms with Gasteiger partial charge in [0.05, 0.1) is 15.3 Å². The van der Waals surface area contributed by atoms with Crippen molar-refractivity contribution in [3.05, 3.63) is 58.9 Å². The van der Waals surface area contributed by atoms with Crippen LogP contribution < -0.4 is 4.90 Å². The second-order valence-electron chi connectivity index (χ2n) is 6.59. The van der Waals surface area contributed by atoms with Crippen molar-refractivity contribution in [2.45, 2.75) is 18.2 Å². The zero-order valence-corrected chi connectivity index (χ0v) is 16.1. The Balaban J connectivity index is 2.17. The van der Waals surface area contributed by atoms with Gasteiger partial charge in [-0.15, -0.1) is 0 Å². The molecule has 2 aromatic heterocycles. The Morgan fingerprint density at radius 3 is 2.50 bits per heavy atom. The van der Waals surface area contributed by atoms with E-state index in [4.69, 9.17) is 4.78 Å². The fourth-order valence-electron chi connectivity index (χ4n) is 3.19. The van der Waals surface area contributed by atoms with E-state index in [0.717, 1.165) is 22.5 Å². The molecule has 1 atom stereocenters. The van der Waals surface area contributed by atoms with Crippen molar-refractivity contribution in [1.82, 2.24) is 9.38 Å². The van der Waals surface area contributed by atoms with Gasteiger partial charge >= 0.3 is 0 Å². The first-order valence-corrected chi connectivity index (χ1v) is 10.1. The summed E-state index contributed by atoms with van der Waals surface area (Å²) in [5.41, 5.74) is 4.24. The Kier molecular flexibility index (Phi) is 4.46. The number of rotatable bonds is 4. The Bertz CT molecular complexity index is 1120. The summed E-state index contributed by atoms with van der Waals surface area (Å²) in [5, 5.41) is 9.61. The first-order valence-electron chi connectivity index (χ1n) is 8.12. The fourth-order valence-corrected chi connectivity index (χ4v) is 3.85. The summed E-state index contributed by atoms with van der Waals surface area (Å²) >= 11 is 0. The summed E-state index contributed by atoms with van der Waals surface area (Å²) in [6.07, 6.45) is 5.62. The number of nitrogens with zero attached hydrogens (tertiary/aromatic N) is 4. The third-order valence-corrected chi connectivity index (χ3v) is 5.65. The van der Waals surface area contributed by atoms with Crippen molar-refractivity contribution < 1.29 is 4.21 Å². The second-order valence-corrected chi connectivity index (χ2v) is 8.75. The monoisotopic (exact) mass is 367 g/mol. The van der Waals surface area contributed by atoms with Crippen LogP contribution in [0.1, 0.15) is 22.3 Å². The average molecular weight is 367 g/mol. The highest BCUT2D eigenvalue weighted by Gasteiger charge is 2.19. The van der Waals surface area contributed by atoms with Gasteiger partial charge in [0.25, 0.3) is 0 Å². The van der Waals surface area contributed by atoms with Crippen molar-refractivity contribution >= 4 is 21.2 Å². The number of benzene rings is 1. The lowest BCUT2D eigenvalue weighted by molar-refractivity contribution is 0.679. The molecule has 2 heterocycles. The van der Waals surface area contributed by atoms with Crippen LogP contribution in [0.15, 0.2) is 41.6 Å². The van der Waals surface area contributed by atoms with Crippen LogP contribution in [0.25, 0.3) is 5.65 Å². The molecule has 0 aliphatic rings. The summed E-state index contributed by atoms with van der Waals surface area (Å²) in [6.45, 7) is 1.95. The number of fused-ring (bicyclic) bond motifs is 1. The highest BCUT2D eigenvalue weighted by molar-refractivity contribution is 7.91. The van der Waals surface area contributed by atoms with E-state index in [-0.39, 0.29) is 0 Å². The van der Waals surface area contributed by atoms with E-state index in [1.807, 2.05) is 48.6 Å². The number of aromatic nitrogens is 2. The summed E-state index contributed by atoms with van der Waals surface area (Å²) in [6, 6.07) is 9.57. The maximum atomic E-state index is 11.9. The van der Waals surface area contributed by atoms with Crippen LogP contribution in [0, 0.1) is 23.0 Å². The highest BCUT2D eigenvalue weighted by Crippen LogP contribution is 2.30. The zero-order chi connectivity index (χ0) is 19.1. The Labute approximate surface area is 153 Å². The van der Waals surface area contributed by atoms with Gasteiger partial charge in [-0.05, 0) is 30.2 Å². The standard InChI is InChI=1S/C19H21N5OS/c1-13-16(11-14-5-7-15(8-6-14)26(4,21)25)19(23(2)3)24-10-9-22-18(24)17(13)12-20/h5-10,21H,11H2,1-4H3. The number of nitrogens with one attached hydrogen (secondary N) is 1. The normalized spacial score (nSPS) is 13.3. The Morgan fingerprint density at radius 1 is 1.31 bits per heavy atom.